The molecule has 4 rings (SSSR count). The number of aromatic amines is 1. The number of rotatable bonds is 6. The van der Waals surface area contributed by atoms with Crippen LogP contribution in [0.2, 0.25) is 0 Å². The molecule has 0 saturated heterocycles. The molecule has 0 aliphatic carbocycles. The van der Waals surface area contributed by atoms with E-state index in [9.17, 15) is 27.2 Å². The summed E-state index contributed by atoms with van der Waals surface area (Å²) in [5, 5.41) is 16.7. The lowest BCUT2D eigenvalue weighted by Crippen LogP contribution is -2.33. The topological polar surface area (TPSA) is 134 Å². The van der Waals surface area contributed by atoms with E-state index in [1.807, 2.05) is 6.07 Å². The third-order valence-corrected chi connectivity index (χ3v) is 5.46. The number of H-pyrrole nitrogens is 1. The molecule has 2 amide bonds. The fraction of sp³-hybridized carbons (Fsp3) is 0.280. The summed E-state index contributed by atoms with van der Waals surface area (Å²) in [6.07, 6.45) is -1.32. The number of ether oxygens (including phenoxy) is 2. The fourth-order valence-corrected chi connectivity index (χ4v) is 3.37. The van der Waals surface area contributed by atoms with Gasteiger partial charge in [-0.05, 0) is 47.9 Å². The number of amides is 2. The molecular weight excluding hydrogens is 528 g/mol. The number of carboxylic acid groups (broad SMARTS) is 1. The molecule has 2 aromatic carbocycles. The van der Waals surface area contributed by atoms with Gasteiger partial charge in [0.05, 0.1) is 17.8 Å². The van der Waals surface area contributed by atoms with E-state index < -0.39 is 18.1 Å². The van der Waals surface area contributed by atoms with Crippen molar-refractivity contribution >= 4 is 23.5 Å². The number of benzene rings is 2. The Bertz CT molecular complexity index is 1330. The van der Waals surface area contributed by atoms with Crippen LogP contribution in [-0.2, 0) is 20.8 Å². The summed E-state index contributed by atoms with van der Waals surface area (Å²) >= 11 is 0. The molecule has 0 fully saturated rings. The Morgan fingerprint density at radius 1 is 1.18 bits per heavy atom. The van der Waals surface area contributed by atoms with E-state index in [2.05, 4.69) is 15.5 Å². The molecule has 208 valence electrons. The molecule has 2 heterocycles. The number of hydrogen-bond donors (Lipinski definition) is 3. The lowest BCUT2D eigenvalue weighted by atomic mass is 9.95. The maximum Gasteiger partial charge on any atom is 0.490 e. The highest BCUT2D eigenvalue weighted by molar-refractivity contribution is 5.95. The number of carboxylic acids is 1. The van der Waals surface area contributed by atoms with Crippen LogP contribution in [-0.4, -0.2) is 71.5 Å². The summed E-state index contributed by atoms with van der Waals surface area (Å²) in [5.41, 5.74) is 2.74. The molecule has 0 saturated carbocycles. The molecule has 39 heavy (non-hydrogen) atoms. The molecule has 0 spiro atoms. The Kier molecular flexibility index (Phi) is 9.12. The molecule has 14 heteroatoms. The van der Waals surface area contributed by atoms with E-state index in [4.69, 9.17) is 19.4 Å². The number of aliphatic carboxylic acids is 1. The van der Waals surface area contributed by atoms with Gasteiger partial charge in [0.25, 0.3) is 5.91 Å². The fourth-order valence-electron chi connectivity index (χ4n) is 3.37. The van der Waals surface area contributed by atoms with Gasteiger partial charge < -0.3 is 24.8 Å². The lowest BCUT2D eigenvalue weighted by molar-refractivity contribution is -0.192. The van der Waals surface area contributed by atoms with Crippen molar-refractivity contribution in [2.45, 2.75) is 12.6 Å². The molecule has 1 unspecified atom stereocenters. The summed E-state index contributed by atoms with van der Waals surface area (Å²) in [7, 11) is 3.28. The molecule has 3 aromatic rings. The standard InChI is InChI=1S/C23H23FN4O4.C2HF3O2/c1-28(2)22(29)13-32-21-9-14(17-10-25-26-11-17)3-5-19(21)27-23(30)16-7-15-8-18(24)4-6-20(15)31-12-16;3-2(4,5)1(6)7/h3-6,8-11,16H,7,12-13H2,1-2H3,(H,25,26)(H,27,30);(H,6,7). The van der Waals surface area contributed by atoms with E-state index in [-0.39, 0.29) is 30.8 Å². The van der Waals surface area contributed by atoms with Gasteiger partial charge in [0.1, 0.15) is 23.9 Å². The number of aromatic nitrogens is 2. The highest BCUT2D eigenvalue weighted by Crippen LogP contribution is 2.33. The smallest absolute Gasteiger partial charge is 0.490 e. The number of fused-ring (bicyclic) bond motifs is 1. The molecule has 0 radical (unpaired) electrons. The van der Waals surface area contributed by atoms with Crippen molar-refractivity contribution in [2.24, 2.45) is 5.92 Å². The van der Waals surface area contributed by atoms with Gasteiger partial charge in [-0.3, -0.25) is 14.7 Å². The van der Waals surface area contributed by atoms with Crippen LogP contribution >= 0.6 is 0 Å². The molecule has 3 N–H and O–H groups in total. The average Bonchev–Trinajstić information content (AvgIpc) is 3.42. The van der Waals surface area contributed by atoms with Crippen molar-refractivity contribution < 1.29 is 46.5 Å². The Morgan fingerprint density at radius 2 is 1.90 bits per heavy atom. The quantitative estimate of drug-likeness (QED) is 0.399. The Balaban J connectivity index is 0.000000532. The van der Waals surface area contributed by atoms with Gasteiger partial charge in [-0.1, -0.05) is 6.07 Å². The second-order valence-corrected chi connectivity index (χ2v) is 8.53. The summed E-state index contributed by atoms with van der Waals surface area (Å²) < 4.78 is 56.7. The van der Waals surface area contributed by atoms with Crippen molar-refractivity contribution in [2.75, 3.05) is 32.6 Å². The number of carbonyl (C=O) groups excluding carboxylic acids is 2. The van der Waals surface area contributed by atoms with E-state index in [0.29, 0.717) is 29.2 Å². The van der Waals surface area contributed by atoms with E-state index in [0.717, 1.165) is 11.1 Å². The zero-order chi connectivity index (χ0) is 28.7. The minimum Gasteiger partial charge on any atom is -0.492 e. The van der Waals surface area contributed by atoms with Gasteiger partial charge in [-0.2, -0.15) is 18.3 Å². The van der Waals surface area contributed by atoms with Gasteiger partial charge in [0.2, 0.25) is 5.91 Å². The second-order valence-electron chi connectivity index (χ2n) is 8.53. The van der Waals surface area contributed by atoms with Crippen molar-refractivity contribution in [3.05, 3.63) is 60.2 Å². The van der Waals surface area contributed by atoms with Crippen LogP contribution in [0.25, 0.3) is 11.1 Å². The zero-order valence-corrected chi connectivity index (χ0v) is 20.7. The number of hydrogen-bond acceptors (Lipinski definition) is 6. The molecule has 1 aliphatic rings. The van der Waals surface area contributed by atoms with Crippen molar-refractivity contribution in [3.8, 4) is 22.6 Å². The second kappa shape index (κ2) is 12.3. The first kappa shape index (κ1) is 28.9. The van der Waals surface area contributed by atoms with E-state index in [1.54, 1.807) is 44.7 Å². The van der Waals surface area contributed by atoms with Crippen molar-refractivity contribution in [3.63, 3.8) is 0 Å². The van der Waals surface area contributed by atoms with Crippen LogP contribution in [0.3, 0.4) is 0 Å². The summed E-state index contributed by atoms with van der Waals surface area (Å²) in [6.45, 7) is 0.0107. The normalized spacial score (nSPS) is 14.2. The zero-order valence-electron chi connectivity index (χ0n) is 20.7. The number of carbonyl (C=O) groups is 3. The molecular formula is C25H24F4N4O6. The Hall–Kier alpha value is -4.62. The van der Waals surface area contributed by atoms with E-state index >= 15 is 0 Å². The maximum atomic E-state index is 13.6. The first-order valence-electron chi connectivity index (χ1n) is 11.3. The molecule has 1 aromatic heterocycles. The predicted molar refractivity (Wildman–Crippen MR) is 130 cm³/mol. The number of nitrogens with zero attached hydrogens (tertiary/aromatic N) is 2. The van der Waals surface area contributed by atoms with Gasteiger partial charge in [-0.15, -0.1) is 0 Å². The summed E-state index contributed by atoms with van der Waals surface area (Å²) in [5.74, 6) is -3.16. The monoisotopic (exact) mass is 552 g/mol. The molecule has 1 aliphatic heterocycles. The third kappa shape index (κ3) is 7.93. The van der Waals surface area contributed by atoms with Gasteiger partial charge in [0, 0.05) is 25.9 Å². The first-order valence-corrected chi connectivity index (χ1v) is 11.3. The highest BCUT2D eigenvalue weighted by Gasteiger charge is 2.38. The van der Waals surface area contributed by atoms with Crippen LogP contribution in [0.1, 0.15) is 5.56 Å². The van der Waals surface area contributed by atoms with Crippen molar-refractivity contribution in [1.82, 2.24) is 15.1 Å². The van der Waals surface area contributed by atoms with Crippen LogP contribution in [0, 0.1) is 11.7 Å². The molecule has 0 bridgehead atoms. The van der Waals surface area contributed by atoms with Crippen LogP contribution in [0.4, 0.5) is 23.2 Å². The van der Waals surface area contributed by atoms with Gasteiger partial charge in [-0.25, -0.2) is 9.18 Å². The summed E-state index contributed by atoms with van der Waals surface area (Å²) in [4.78, 5) is 35.3. The first-order chi connectivity index (χ1) is 18.3. The van der Waals surface area contributed by atoms with Gasteiger partial charge >= 0.3 is 12.1 Å². The number of nitrogens with one attached hydrogen (secondary N) is 2. The number of alkyl halides is 3. The largest absolute Gasteiger partial charge is 0.492 e. The highest BCUT2D eigenvalue weighted by atomic mass is 19.4. The van der Waals surface area contributed by atoms with E-state index in [1.165, 1.54) is 17.0 Å². The SMILES string of the molecule is CN(C)C(=O)COc1cc(-c2cn[nH]c2)ccc1NC(=O)C1COc2ccc(F)cc2C1.O=C(O)C(F)(F)F. The molecule has 10 nitrogen and oxygen atoms in total. The number of anilines is 1. The average molecular weight is 552 g/mol. The van der Waals surface area contributed by atoms with Crippen molar-refractivity contribution in [1.29, 1.82) is 0 Å². The van der Waals surface area contributed by atoms with Crippen LogP contribution < -0.4 is 14.8 Å². The minimum atomic E-state index is -5.08. The van der Waals surface area contributed by atoms with Crippen LogP contribution in [0.15, 0.2) is 48.8 Å². The predicted octanol–water partition coefficient (Wildman–Crippen LogP) is 3.51. The lowest BCUT2D eigenvalue weighted by Gasteiger charge is -2.25. The van der Waals surface area contributed by atoms with Gasteiger partial charge in [0.15, 0.2) is 6.61 Å². The number of likely N-dealkylation sites (N-methyl/N-ethyl adjacent to an activating group) is 1. The summed E-state index contributed by atoms with van der Waals surface area (Å²) in [6, 6.07) is 9.57. The Labute approximate surface area is 219 Å². The van der Waals surface area contributed by atoms with Crippen LogP contribution in [0.5, 0.6) is 11.5 Å². The minimum absolute atomic E-state index is 0.177. The third-order valence-electron chi connectivity index (χ3n) is 5.46. The maximum absolute atomic E-state index is 13.6. The number of halogens is 4. The molecule has 1 atom stereocenters. The Morgan fingerprint density at radius 3 is 2.51 bits per heavy atom.